The van der Waals surface area contributed by atoms with Crippen molar-refractivity contribution in [2.45, 2.75) is 19.0 Å². The van der Waals surface area contributed by atoms with Gasteiger partial charge in [0, 0.05) is 12.7 Å². The summed E-state index contributed by atoms with van der Waals surface area (Å²) in [6.45, 7) is 1.14. The molecule has 17 heavy (non-hydrogen) atoms. The summed E-state index contributed by atoms with van der Waals surface area (Å²) in [4.78, 5) is 3.87. The number of rotatable bonds is 4. The lowest BCUT2D eigenvalue weighted by Crippen LogP contribution is -2.24. The van der Waals surface area contributed by atoms with E-state index in [1.165, 1.54) is 0 Å². The number of aromatic nitrogens is 1. The van der Waals surface area contributed by atoms with Gasteiger partial charge in [-0.15, -0.1) is 0 Å². The third-order valence-electron chi connectivity index (χ3n) is 3.12. The minimum Gasteiger partial charge on any atom is -0.369 e. The smallest absolute Gasteiger partial charge is 0.369 e. The van der Waals surface area contributed by atoms with Gasteiger partial charge in [0.1, 0.15) is 5.82 Å². The zero-order valence-corrected chi connectivity index (χ0v) is 9.22. The third kappa shape index (κ3) is 2.88. The molecule has 1 fully saturated rings. The van der Waals surface area contributed by atoms with Crippen molar-refractivity contribution in [3.8, 4) is 0 Å². The van der Waals surface area contributed by atoms with Crippen LogP contribution in [0, 0.1) is 5.41 Å². The molecule has 0 amide bonds. The first-order chi connectivity index (χ1) is 7.95. The van der Waals surface area contributed by atoms with E-state index in [1.54, 1.807) is 0 Å². The van der Waals surface area contributed by atoms with Crippen LogP contribution in [0.5, 0.6) is 0 Å². The van der Waals surface area contributed by atoms with E-state index >= 15 is 0 Å². The van der Waals surface area contributed by atoms with Gasteiger partial charge in [-0.2, -0.15) is 13.2 Å². The highest BCUT2D eigenvalue weighted by atomic mass is 19.4. The van der Waals surface area contributed by atoms with E-state index in [0.717, 1.165) is 31.2 Å². The fourth-order valence-electron chi connectivity index (χ4n) is 1.61. The first kappa shape index (κ1) is 12.2. The Hall–Kier alpha value is -1.30. The average molecular weight is 245 g/mol. The number of nitrogens with one attached hydrogen (secondary N) is 1. The Labute approximate surface area is 97.2 Å². The molecule has 94 valence electrons. The van der Waals surface area contributed by atoms with Crippen LogP contribution in [-0.4, -0.2) is 18.1 Å². The van der Waals surface area contributed by atoms with E-state index in [1.807, 2.05) is 0 Å². The van der Waals surface area contributed by atoms with Crippen LogP contribution in [0.3, 0.4) is 0 Å². The van der Waals surface area contributed by atoms with Crippen LogP contribution in [0.4, 0.5) is 19.0 Å². The largest absolute Gasteiger partial charge is 0.416 e. The second-order valence-corrected chi connectivity index (χ2v) is 4.49. The Morgan fingerprint density at radius 1 is 1.41 bits per heavy atom. The molecule has 0 atom stereocenters. The maximum absolute atomic E-state index is 12.4. The zero-order chi connectivity index (χ0) is 12.5. The summed E-state index contributed by atoms with van der Waals surface area (Å²) in [7, 11) is 0. The van der Waals surface area contributed by atoms with Gasteiger partial charge in [-0.25, -0.2) is 4.98 Å². The van der Waals surface area contributed by atoms with Crippen LogP contribution < -0.4 is 11.1 Å². The van der Waals surface area contributed by atoms with Crippen molar-refractivity contribution in [3.05, 3.63) is 23.9 Å². The lowest BCUT2D eigenvalue weighted by Gasteiger charge is -2.14. The van der Waals surface area contributed by atoms with Crippen molar-refractivity contribution >= 4 is 5.82 Å². The van der Waals surface area contributed by atoms with Crippen molar-refractivity contribution in [2.75, 3.05) is 18.4 Å². The Morgan fingerprint density at radius 3 is 2.65 bits per heavy atom. The highest BCUT2D eigenvalue weighted by Gasteiger charge is 2.41. The molecule has 2 rings (SSSR count). The summed E-state index contributed by atoms with van der Waals surface area (Å²) in [6, 6.07) is 1.98. The number of halogens is 3. The van der Waals surface area contributed by atoms with Crippen LogP contribution in [0.2, 0.25) is 0 Å². The number of anilines is 1. The summed E-state index contributed by atoms with van der Waals surface area (Å²) in [5.41, 5.74) is 4.97. The molecule has 3 N–H and O–H groups in total. The summed E-state index contributed by atoms with van der Waals surface area (Å²) >= 11 is 0. The molecule has 1 saturated carbocycles. The first-order valence-corrected chi connectivity index (χ1v) is 5.42. The topological polar surface area (TPSA) is 50.9 Å². The highest BCUT2D eigenvalue weighted by molar-refractivity contribution is 5.39. The Kier molecular flexibility index (Phi) is 2.99. The van der Waals surface area contributed by atoms with Gasteiger partial charge < -0.3 is 11.1 Å². The molecule has 1 aromatic heterocycles. The number of nitrogens with zero attached hydrogens (tertiary/aromatic N) is 1. The first-order valence-electron chi connectivity index (χ1n) is 5.42. The van der Waals surface area contributed by atoms with Crippen LogP contribution in [0.1, 0.15) is 18.4 Å². The molecular weight excluding hydrogens is 231 g/mol. The fraction of sp³-hybridized carbons (Fsp3) is 0.545. The predicted molar refractivity (Wildman–Crippen MR) is 58.5 cm³/mol. The van der Waals surface area contributed by atoms with Gasteiger partial charge in [0.15, 0.2) is 0 Å². The molecule has 0 saturated heterocycles. The standard InChI is InChI=1S/C11H14F3N3/c12-11(13,14)8-1-4-16-9(5-8)17-7-10(6-15)2-3-10/h1,4-5H,2-3,6-7,15H2,(H,16,17). The lowest BCUT2D eigenvalue weighted by atomic mass is 10.1. The number of hydrogen-bond acceptors (Lipinski definition) is 3. The molecule has 1 aromatic rings. The molecule has 1 aliphatic rings. The molecule has 0 radical (unpaired) electrons. The number of pyridine rings is 1. The molecule has 1 aliphatic carbocycles. The van der Waals surface area contributed by atoms with Gasteiger partial charge in [-0.3, -0.25) is 0 Å². The Bertz CT molecular complexity index is 399. The van der Waals surface area contributed by atoms with Gasteiger partial charge in [0.25, 0.3) is 0 Å². The SMILES string of the molecule is NCC1(CNc2cc(C(F)(F)F)ccn2)CC1. The summed E-state index contributed by atoms with van der Waals surface area (Å²) < 4.78 is 37.3. The monoisotopic (exact) mass is 245 g/mol. The molecule has 0 aromatic carbocycles. The van der Waals surface area contributed by atoms with Crippen molar-refractivity contribution < 1.29 is 13.2 Å². The van der Waals surface area contributed by atoms with Gasteiger partial charge in [-0.05, 0) is 36.9 Å². The molecule has 1 heterocycles. The Balaban J connectivity index is 2.02. The van der Waals surface area contributed by atoms with Crippen molar-refractivity contribution in [2.24, 2.45) is 11.1 Å². The summed E-state index contributed by atoms with van der Waals surface area (Å²) in [5, 5.41) is 2.92. The van der Waals surface area contributed by atoms with E-state index in [4.69, 9.17) is 5.73 Å². The van der Waals surface area contributed by atoms with Crippen LogP contribution in [0.25, 0.3) is 0 Å². The fourth-order valence-corrected chi connectivity index (χ4v) is 1.61. The number of nitrogens with two attached hydrogens (primary N) is 1. The van der Waals surface area contributed by atoms with E-state index in [-0.39, 0.29) is 11.2 Å². The van der Waals surface area contributed by atoms with Crippen LogP contribution in [-0.2, 0) is 6.18 Å². The minimum atomic E-state index is -4.33. The van der Waals surface area contributed by atoms with Crippen LogP contribution >= 0.6 is 0 Å². The molecular formula is C11H14F3N3. The molecule has 0 unspecified atom stereocenters. The van der Waals surface area contributed by atoms with E-state index < -0.39 is 11.7 Å². The third-order valence-corrected chi connectivity index (χ3v) is 3.12. The van der Waals surface area contributed by atoms with E-state index in [2.05, 4.69) is 10.3 Å². The summed E-state index contributed by atoms with van der Waals surface area (Å²) in [5.74, 6) is 0.250. The minimum absolute atomic E-state index is 0.0654. The van der Waals surface area contributed by atoms with Gasteiger partial charge in [0.05, 0.1) is 5.56 Å². The zero-order valence-electron chi connectivity index (χ0n) is 9.22. The molecule has 0 spiro atoms. The van der Waals surface area contributed by atoms with Crippen molar-refractivity contribution in [1.29, 1.82) is 0 Å². The maximum Gasteiger partial charge on any atom is 0.416 e. The number of alkyl halides is 3. The predicted octanol–water partition coefficient (Wildman–Crippen LogP) is 2.25. The normalized spacial score (nSPS) is 17.9. The molecule has 3 nitrogen and oxygen atoms in total. The molecule has 0 bridgehead atoms. The maximum atomic E-state index is 12.4. The quantitative estimate of drug-likeness (QED) is 0.855. The summed E-state index contributed by atoms with van der Waals surface area (Å²) in [6.07, 6.45) is -1.12. The lowest BCUT2D eigenvalue weighted by molar-refractivity contribution is -0.137. The van der Waals surface area contributed by atoms with Gasteiger partial charge >= 0.3 is 6.18 Å². The average Bonchev–Trinajstić information content (AvgIpc) is 3.06. The molecule has 6 heteroatoms. The van der Waals surface area contributed by atoms with E-state index in [0.29, 0.717) is 13.1 Å². The molecule has 0 aliphatic heterocycles. The second kappa shape index (κ2) is 4.18. The van der Waals surface area contributed by atoms with Crippen LogP contribution in [0.15, 0.2) is 18.3 Å². The Morgan fingerprint density at radius 2 is 2.12 bits per heavy atom. The van der Waals surface area contributed by atoms with Crippen molar-refractivity contribution in [3.63, 3.8) is 0 Å². The van der Waals surface area contributed by atoms with Crippen molar-refractivity contribution in [1.82, 2.24) is 4.98 Å². The van der Waals surface area contributed by atoms with E-state index in [9.17, 15) is 13.2 Å². The number of hydrogen-bond donors (Lipinski definition) is 2. The van der Waals surface area contributed by atoms with Gasteiger partial charge in [0.2, 0.25) is 0 Å². The highest BCUT2D eigenvalue weighted by Crippen LogP contribution is 2.44. The second-order valence-electron chi connectivity index (χ2n) is 4.49. The van der Waals surface area contributed by atoms with Gasteiger partial charge in [-0.1, -0.05) is 0 Å².